The fourth-order valence-corrected chi connectivity index (χ4v) is 2.39. The Morgan fingerprint density at radius 1 is 0.952 bits per heavy atom. The molecule has 0 radical (unpaired) electrons. The third-order valence-electron chi connectivity index (χ3n) is 3.59. The zero-order chi connectivity index (χ0) is 15.2. The van der Waals surface area contributed by atoms with Gasteiger partial charge in [-0.1, -0.05) is 42.5 Å². The van der Waals surface area contributed by atoms with E-state index in [2.05, 4.69) is 36.6 Å². The highest BCUT2D eigenvalue weighted by Gasteiger charge is 2.17. The molecule has 110 valence electrons. The van der Waals surface area contributed by atoms with Gasteiger partial charge in [-0.15, -0.1) is 0 Å². The lowest BCUT2D eigenvalue weighted by Crippen LogP contribution is -2.39. The van der Waals surface area contributed by atoms with E-state index in [-0.39, 0.29) is 18.0 Å². The van der Waals surface area contributed by atoms with Gasteiger partial charge in [-0.3, -0.25) is 10.1 Å². The molecule has 0 aliphatic heterocycles. The van der Waals surface area contributed by atoms with Crippen molar-refractivity contribution in [3.8, 4) is 0 Å². The topological polar surface area (TPSA) is 41.1 Å². The second-order valence-electron chi connectivity index (χ2n) is 5.32. The van der Waals surface area contributed by atoms with Crippen molar-refractivity contribution >= 4 is 11.6 Å². The summed E-state index contributed by atoms with van der Waals surface area (Å²) in [6.45, 7) is 6.05. The number of carbonyl (C=O) groups is 1. The van der Waals surface area contributed by atoms with Crippen LogP contribution >= 0.6 is 0 Å². The number of anilines is 1. The normalized spacial score (nSPS) is 13.5. The number of para-hydroxylation sites is 1. The molecule has 3 nitrogen and oxygen atoms in total. The minimum Gasteiger partial charge on any atom is -0.325 e. The minimum atomic E-state index is -0.264. The van der Waals surface area contributed by atoms with Gasteiger partial charge < -0.3 is 5.32 Å². The summed E-state index contributed by atoms with van der Waals surface area (Å²) >= 11 is 0. The largest absolute Gasteiger partial charge is 0.325 e. The minimum absolute atomic E-state index is 0.0263. The van der Waals surface area contributed by atoms with Crippen molar-refractivity contribution in [2.24, 2.45) is 0 Å². The van der Waals surface area contributed by atoms with Crippen molar-refractivity contribution in [1.29, 1.82) is 0 Å². The fourth-order valence-electron chi connectivity index (χ4n) is 2.39. The first-order valence-corrected chi connectivity index (χ1v) is 7.25. The summed E-state index contributed by atoms with van der Waals surface area (Å²) in [6.07, 6.45) is 0. The van der Waals surface area contributed by atoms with E-state index in [1.807, 2.05) is 49.4 Å². The van der Waals surface area contributed by atoms with Gasteiger partial charge in [0.15, 0.2) is 0 Å². The van der Waals surface area contributed by atoms with Crippen molar-refractivity contribution < 1.29 is 4.79 Å². The van der Waals surface area contributed by atoms with E-state index in [0.29, 0.717) is 0 Å². The van der Waals surface area contributed by atoms with Gasteiger partial charge in [0, 0.05) is 11.7 Å². The van der Waals surface area contributed by atoms with Gasteiger partial charge in [0.2, 0.25) is 5.91 Å². The standard InChI is InChI=1S/C18H22N2O/c1-13-9-7-8-12-17(13)14(2)19-15(3)18(21)20-16-10-5-4-6-11-16/h4-12,14-15,19H,1-3H3,(H,20,21). The van der Waals surface area contributed by atoms with Gasteiger partial charge in [0.05, 0.1) is 6.04 Å². The molecule has 0 aliphatic carbocycles. The molecule has 1 amide bonds. The van der Waals surface area contributed by atoms with Gasteiger partial charge >= 0.3 is 0 Å². The van der Waals surface area contributed by atoms with E-state index in [0.717, 1.165) is 5.69 Å². The van der Waals surface area contributed by atoms with Crippen LogP contribution in [0.1, 0.15) is 31.0 Å². The number of benzene rings is 2. The fraction of sp³-hybridized carbons (Fsp3) is 0.278. The Morgan fingerprint density at radius 3 is 2.24 bits per heavy atom. The number of carbonyl (C=O) groups excluding carboxylic acids is 1. The van der Waals surface area contributed by atoms with Crippen LogP contribution in [0, 0.1) is 6.92 Å². The molecule has 0 saturated carbocycles. The number of nitrogens with one attached hydrogen (secondary N) is 2. The van der Waals surface area contributed by atoms with Crippen molar-refractivity contribution in [2.45, 2.75) is 32.9 Å². The lowest BCUT2D eigenvalue weighted by molar-refractivity contribution is -0.117. The zero-order valence-electron chi connectivity index (χ0n) is 12.8. The average molecular weight is 282 g/mol. The van der Waals surface area contributed by atoms with Crippen molar-refractivity contribution in [3.63, 3.8) is 0 Å². The first-order valence-electron chi connectivity index (χ1n) is 7.25. The lowest BCUT2D eigenvalue weighted by Gasteiger charge is -2.21. The molecule has 2 aromatic carbocycles. The van der Waals surface area contributed by atoms with Gasteiger partial charge in [-0.25, -0.2) is 0 Å². The predicted molar refractivity (Wildman–Crippen MR) is 87.3 cm³/mol. The highest BCUT2D eigenvalue weighted by molar-refractivity contribution is 5.94. The van der Waals surface area contributed by atoms with E-state index < -0.39 is 0 Å². The van der Waals surface area contributed by atoms with E-state index in [9.17, 15) is 4.79 Å². The highest BCUT2D eigenvalue weighted by Crippen LogP contribution is 2.17. The van der Waals surface area contributed by atoms with Gasteiger partial charge in [-0.2, -0.15) is 0 Å². The molecule has 21 heavy (non-hydrogen) atoms. The Hall–Kier alpha value is -2.13. The summed E-state index contributed by atoms with van der Waals surface area (Å²) in [5.74, 6) is -0.0263. The maximum atomic E-state index is 12.2. The van der Waals surface area contributed by atoms with Crippen molar-refractivity contribution in [3.05, 3.63) is 65.7 Å². The predicted octanol–water partition coefficient (Wildman–Crippen LogP) is 3.67. The Morgan fingerprint density at radius 2 is 1.57 bits per heavy atom. The molecule has 0 saturated heterocycles. The van der Waals surface area contributed by atoms with Crippen LogP contribution in [0.25, 0.3) is 0 Å². The molecule has 0 heterocycles. The van der Waals surface area contributed by atoms with Gasteiger partial charge in [-0.05, 0) is 44.0 Å². The average Bonchev–Trinajstić information content (AvgIpc) is 2.48. The SMILES string of the molecule is Cc1ccccc1C(C)NC(C)C(=O)Nc1ccccc1. The molecule has 0 aliphatic rings. The van der Waals surface area contributed by atoms with E-state index in [4.69, 9.17) is 0 Å². The molecule has 2 aromatic rings. The van der Waals surface area contributed by atoms with E-state index in [1.165, 1.54) is 11.1 Å². The smallest absolute Gasteiger partial charge is 0.241 e. The Labute approximate surface area is 126 Å². The first-order chi connectivity index (χ1) is 10.1. The van der Waals surface area contributed by atoms with Crippen LogP contribution in [0.2, 0.25) is 0 Å². The number of aryl methyl sites for hydroxylation is 1. The van der Waals surface area contributed by atoms with E-state index >= 15 is 0 Å². The van der Waals surface area contributed by atoms with Crippen LogP contribution in [0.3, 0.4) is 0 Å². The van der Waals surface area contributed by atoms with Crippen molar-refractivity contribution in [1.82, 2.24) is 5.32 Å². The summed E-state index contributed by atoms with van der Waals surface area (Å²) in [5, 5.41) is 6.26. The molecule has 2 unspecified atom stereocenters. The summed E-state index contributed by atoms with van der Waals surface area (Å²) < 4.78 is 0. The summed E-state index contributed by atoms with van der Waals surface area (Å²) in [7, 11) is 0. The van der Waals surface area contributed by atoms with Crippen LogP contribution in [0.5, 0.6) is 0 Å². The first kappa shape index (κ1) is 15.3. The van der Waals surface area contributed by atoms with Crippen LogP contribution in [-0.2, 0) is 4.79 Å². The molecular weight excluding hydrogens is 260 g/mol. The second kappa shape index (κ2) is 7.04. The second-order valence-corrected chi connectivity index (χ2v) is 5.32. The molecule has 0 spiro atoms. The number of hydrogen-bond acceptors (Lipinski definition) is 2. The molecule has 2 atom stereocenters. The molecule has 3 heteroatoms. The molecular formula is C18H22N2O. The molecule has 2 rings (SSSR count). The van der Waals surface area contributed by atoms with Gasteiger partial charge in [0.25, 0.3) is 0 Å². The van der Waals surface area contributed by atoms with E-state index in [1.54, 1.807) is 0 Å². The molecule has 0 aromatic heterocycles. The van der Waals surface area contributed by atoms with Crippen LogP contribution in [0.4, 0.5) is 5.69 Å². The summed E-state index contributed by atoms with van der Waals surface area (Å²) in [5.41, 5.74) is 3.27. The zero-order valence-corrected chi connectivity index (χ0v) is 12.8. The third kappa shape index (κ3) is 4.17. The Kier molecular flexibility index (Phi) is 5.12. The van der Waals surface area contributed by atoms with Crippen LogP contribution < -0.4 is 10.6 Å². The quantitative estimate of drug-likeness (QED) is 0.878. The molecule has 0 bridgehead atoms. The number of hydrogen-bond donors (Lipinski definition) is 2. The third-order valence-corrected chi connectivity index (χ3v) is 3.59. The number of rotatable bonds is 5. The highest BCUT2D eigenvalue weighted by atomic mass is 16.2. The van der Waals surface area contributed by atoms with Crippen LogP contribution in [-0.4, -0.2) is 11.9 Å². The Balaban J connectivity index is 1.96. The Bertz CT molecular complexity index is 595. The van der Waals surface area contributed by atoms with Gasteiger partial charge in [0.1, 0.15) is 0 Å². The van der Waals surface area contributed by atoms with Crippen LogP contribution in [0.15, 0.2) is 54.6 Å². The summed E-state index contributed by atoms with van der Waals surface area (Å²) in [4.78, 5) is 12.2. The maximum absolute atomic E-state index is 12.2. The number of amides is 1. The lowest BCUT2D eigenvalue weighted by atomic mass is 10.0. The summed E-state index contributed by atoms with van der Waals surface area (Å²) in [6, 6.07) is 17.6. The molecule has 2 N–H and O–H groups in total. The van der Waals surface area contributed by atoms with Crippen molar-refractivity contribution in [2.75, 3.05) is 5.32 Å². The monoisotopic (exact) mass is 282 g/mol. The molecule has 0 fully saturated rings. The maximum Gasteiger partial charge on any atom is 0.241 e.